The topological polar surface area (TPSA) is 161 Å². The molecule has 0 bridgehead atoms. The Morgan fingerprint density at radius 1 is 0.952 bits per heavy atom. The predicted molar refractivity (Wildman–Crippen MR) is 73.2 cm³/mol. The molecular formula is C13H25NO7. The number of Topliss-reactive ketones (excluding diaryl/α,β-unsaturated/α-hetero) is 2. The van der Waals surface area contributed by atoms with Crippen LogP contribution in [0.15, 0.2) is 0 Å². The Morgan fingerprint density at radius 2 is 1.43 bits per heavy atom. The van der Waals surface area contributed by atoms with Gasteiger partial charge in [0.15, 0.2) is 0 Å². The Labute approximate surface area is 123 Å². The van der Waals surface area contributed by atoms with E-state index >= 15 is 0 Å². The van der Waals surface area contributed by atoms with Crippen molar-refractivity contribution < 1.29 is 35.1 Å². The van der Waals surface area contributed by atoms with E-state index in [0.29, 0.717) is 0 Å². The van der Waals surface area contributed by atoms with Crippen LogP contribution in [0.3, 0.4) is 0 Å². The van der Waals surface area contributed by atoms with Gasteiger partial charge in [0, 0.05) is 12.8 Å². The van der Waals surface area contributed by atoms with E-state index in [1.807, 2.05) is 0 Å². The molecule has 0 saturated carbocycles. The fraction of sp³-hybridized carbons (Fsp3) is 0.846. The highest BCUT2D eigenvalue weighted by Gasteiger charge is 2.30. The molecule has 0 aliphatic rings. The van der Waals surface area contributed by atoms with Crippen LogP contribution in [0, 0.1) is 0 Å². The largest absolute Gasteiger partial charge is 0.394 e. The van der Waals surface area contributed by atoms with Gasteiger partial charge in [-0.15, -0.1) is 0 Å². The van der Waals surface area contributed by atoms with Crippen LogP contribution >= 0.6 is 0 Å². The lowest BCUT2D eigenvalue weighted by Crippen LogP contribution is -2.45. The Bertz CT molecular complexity index is 336. The third-order valence-electron chi connectivity index (χ3n) is 3.30. The Hall–Kier alpha value is -0.900. The van der Waals surface area contributed by atoms with E-state index in [-0.39, 0.29) is 37.2 Å². The molecule has 0 aliphatic heterocycles. The normalized spacial score (nSPS) is 18.6. The van der Waals surface area contributed by atoms with Gasteiger partial charge in [-0.3, -0.25) is 9.59 Å². The highest BCUT2D eigenvalue weighted by Crippen LogP contribution is 2.11. The highest BCUT2D eigenvalue weighted by atomic mass is 16.4. The summed E-state index contributed by atoms with van der Waals surface area (Å²) in [5.41, 5.74) is 5.48. The molecule has 0 heterocycles. The summed E-state index contributed by atoms with van der Waals surface area (Å²) >= 11 is 0. The molecule has 124 valence electrons. The molecular weight excluding hydrogens is 282 g/mol. The number of hydrogen-bond acceptors (Lipinski definition) is 8. The molecule has 0 amide bonds. The Kier molecular flexibility index (Phi) is 9.51. The zero-order valence-corrected chi connectivity index (χ0v) is 12.1. The van der Waals surface area contributed by atoms with Crippen molar-refractivity contribution in [2.75, 3.05) is 6.61 Å². The summed E-state index contributed by atoms with van der Waals surface area (Å²) in [6.45, 7) is 0.579. The van der Waals surface area contributed by atoms with E-state index in [2.05, 4.69) is 0 Å². The molecule has 0 spiro atoms. The van der Waals surface area contributed by atoms with Crippen molar-refractivity contribution in [2.45, 2.75) is 63.1 Å². The molecule has 8 nitrogen and oxygen atoms in total. The van der Waals surface area contributed by atoms with Gasteiger partial charge in [-0.05, 0) is 19.8 Å². The second-order valence-corrected chi connectivity index (χ2v) is 5.13. The molecule has 0 aromatic rings. The Morgan fingerprint density at radius 3 is 1.90 bits per heavy atom. The van der Waals surface area contributed by atoms with Gasteiger partial charge in [0.25, 0.3) is 0 Å². The van der Waals surface area contributed by atoms with Crippen LogP contribution in [0.1, 0.15) is 32.6 Å². The van der Waals surface area contributed by atoms with E-state index in [1.165, 1.54) is 6.92 Å². The van der Waals surface area contributed by atoms with Crippen LogP contribution in [-0.2, 0) is 9.59 Å². The van der Waals surface area contributed by atoms with E-state index < -0.39 is 37.1 Å². The average Bonchev–Trinajstić information content (AvgIpc) is 2.47. The first kappa shape index (κ1) is 20.1. The SMILES string of the molecule is CC(=O)C(N)CCC(=O)CC[C@H](O)[C@@H](O)[C@H](O)[C@H](O)CO. The maximum absolute atomic E-state index is 11.5. The molecule has 0 radical (unpaired) electrons. The van der Waals surface area contributed by atoms with E-state index in [9.17, 15) is 24.9 Å². The first-order valence-corrected chi connectivity index (χ1v) is 6.81. The number of ketones is 2. The van der Waals surface area contributed by atoms with Crippen LogP contribution in [0.4, 0.5) is 0 Å². The van der Waals surface area contributed by atoms with Crippen molar-refractivity contribution in [2.24, 2.45) is 5.73 Å². The number of aliphatic hydroxyl groups is 5. The molecule has 0 aromatic heterocycles. The minimum absolute atomic E-state index is 0.0508. The molecule has 0 rings (SSSR count). The van der Waals surface area contributed by atoms with Crippen molar-refractivity contribution in [1.82, 2.24) is 0 Å². The molecule has 1 unspecified atom stereocenters. The first-order valence-electron chi connectivity index (χ1n) is 6.81. The second kappa shape index (κ2) is 9.93. The fourth-order valence-corrected chi connectivity index (χ4v) is 1.69. The number of carbonyl (C=O) groups excluding carboxylic acids is 2. The second-order valence-electron chi connectivity index (χ2n) is 5.13. The standard InChI is InChI=1S/C13H25NO7/c1-7(16)9(14)4-2-8(17)3-5-10(18)12(20)13(21)11(19)6-15/h9-13,15,18-21H,2-6,14H2,1H3/t9?,10-,11+,12+,13+/m0/s1. The molecule has 5 atom stereocenters. The molecule has 0 fully saturated rings. The summed E-state index contributed by atoms with van der Waals surface area (Å²) in [6.07, 6.45) is -6.20. The van der Waals surface area contributed by atoms with Gasteiger partial charge in [0.05, 0.1) is 18.8 Å². The van der Waals surface area contributed by atoms with E-state index in [4.69, 9.17) is 15.9 Å². The lowest BCUT2D eigenvalue weighted by Gasteiger charge is -2.25. The van der Waals surface area contributed by atoms with Gasteiger partial charge < -0.3 is 31.3 Å². The third-order valence-corrected chi connectivity index (χ3v) is 3.30. The van der Waals surface area contributed by atoms with Crippen LogP contribution in [-0.4, -0.2) is 74.2 Å². The zero-order valence-electron chi connectivity index (χ0n) is 12.1. The highest BCUT2D eigenvalue weighted by molar-refractivity contribution is 5.83. The summed E-state index contributed by atoms with van der Waals surface area (Å²) < 4.78 is 0. The van der Waals surface area contributed by atoms with Crippen molar-refractivity contribution in [3.63, 3.8) is 0 Å². The van der Waals surface area contributed by atoms with Crippen molar-refractivity contribution in [3.8, 4) is 0 Å². The van der Waals surface area contributed by atoms with Crippen molar-refractivity contribution in [1.29, 1.82) is 0 Å². The van der Waals surface area contributed by atoms with Crippen LogP contribution in [0.25, 0.3) is 0 Å². The van der Waals surface area contributed by atoms with Crippen molar-refractivity contribution >= 4 is 11.6 Å². The van der Waals surface area contributed by atoms with Crippen molar-refractivity contribution in [3.05, 3.63) is 0 Å². The maximum atomic E-state index is 11.5. The number of aliphatic hydroxyl groups excluding tert-OH is 5. The number of hydrogen-bond donors (Lipinski definition) is 6. The monoisotopic (exact) mass is 307 g/mol. The lowest BCUT2D eigenvalue weighted by molar-refractivity contribution is -0.125. The number of carbonyl (C=O) groups is 2. The number of rotatable bonds is 11. The minimum Gasteiger partial charge on any atom is -0.394 e. The average molecular weight is 307 g/mol. The van der Waals surface area contributed by atoms with Gasteiger partial charge in [0.1, 0.15) is 29.9 Å². The van der Waals surface area contributed by atoms with Crippen LogP contribution in [0.2, 0.25) is 0 Å². The fourth-order valence-electron chi connectivity index (χ4n) is 1.69. The molecule has 8 heteroatoms. The van der Waals surface area contributed by atoms with Crippen LogP contribution < -0.4 is 5.73 Å². The van der Waals surface area contributed by atoms with Crippen LogP contribution in [0.5, 0.6) is 0 Å². The summed E-state index contributed by atoms with van der Waals surface area (Å²) in [5.74, 6) is -0.436. The Balaban J connectivity index is 4.09. The smallest absolute Gasteiger partial charge is 0.146 e. The predicted octanol–water partition coefficient (Wildman–Crippen LogP) is -2.53. The first-order chi connectivity index (χ1) is 9.70. The summed E-state index contributed by atoms with van der Waals surface area (Å²) in [7, 11) is 0. The van der Waals surface area contributed by atoms with Gasteiger partial charge in [0.2, 0.25) is 0 Å². The summed E-state index contributed by atoms with van der Waals surface area (Å²) in [4.78, 5) is 22.4. The molecule has 21 heavy (non-hydrogen) atoms. The summed E-state index contributed by atoms with van der Waals surface area (Å²) in [5, 5.41) is 46.3. The van der Waals surface area contributed by atoms with E-state index in [0.717, 1.165) is 0 Å². The molecule has 0 saturated heterocycles. The minimum atomic E-state index is -1.70. The summed E-state index contributed by atoms with van der Waals surface area (Å²) in [6, 6.07) is -0.689. The quantitative estimate of drug-likeness (QED) is 0.243. The number of nitrogens with two attached hydrogens (primary N) is 1. The van der Waals surface area contributed by atoms with Gasteiger partial charge >= 0.3 is 0 Å². The van der Waals surface area contributed by atoms with Gasteiger partial charge in [-0.1, -0.05) is 0 Å². The van der Waals surface area contributed by atoms with Gasteiger partial charge in [-0.25, -0.2) is 0 Å². The van der Waals surface area contributed by atoms with Gasteiger partial charge in [-0.2, -0.15) is 0 Å². The third kappa shape index (κ3) is 7.60. The molecule has 0 aromatic carbocycles. The zero-order chi connectivity index (χ0) is 16.6. The molecule has 0 aliphatic carbocycles. The van der Waals surface area contributed by atoms with E-state index in [1.54, 1.807) is 0 Å². The maximum Gasteiger partial charge on any atom is 0.146 e. The molecule has 7 N–H and O–H groups in total. The lowest BCUT2D eigenvalue weighted by atomic mass is 9.97.